The summed E-state index contributed by atoms with van der Waals surface area (Å²) in [7, 11) is 0. The van der Waals surface area contributed by atoms with Crippen LogP contribution >= 0.6 is 11.6 Å². The van der Waals surface area contributed by atoms with Gasteiger partial charge in [0, 0.05) is 12.7 Å². The zero-order valence-electron chi connectivity index (χ0n) is 7.97. The third kappa shape index (κ3) is 2.51. The average Bonchev–Trinajstić information content (AvgIpc) is 2.65. The molecule has 2 rings (SSSR count). The summed E-state index contributed by atoms with van der Waals surface area (Å²) in [6.07, 6.45) is 3.48. The van der Waals surface area contributed by atoms with Crippen molar-refractivity contribution < 1.29 is 0 Å². The second-order valence-electron chi connectivity index (χ2n) is 3.10. The lowest BCUT2D eigenvalue weighted by Crippen LogP contribution is -2.00. The van der Waals surface area contributed by atoms with Gasteiger partial charge in [0.25, 0.3) is 0 Å². The maximum Gasteiger partial charge on any atom is 0.129 e. The number of nitrogens with zero attached hydrogens (tertiary/aromatic N) is 4. The van der Waals surface area contributed by atoms with Crippen molar-refractivity contribution in [1.82, 2.24) is 20.0 Å². The number of hydrogen-bond acceptors (Lipinski definition) is 4. The predicted octanol–water partition coefficient (Wildman–Crippen LogP) is 0.833. The summed E-state index contributed by atoms with van der Waals surface area (Å²) >= 11 is 5.77. The van der Waals surface area contributed by atoms with Gasteiger partial charge in [-0.15, -0.1) is 5.10 Å². The highest BCUT2D eigenvalue weighted by atomic mass is 35.5. The van der Waals surface area contributed by atoms with Crippen LogP contribution in [-0.4, -0.2) is 20.0 Å². The predicted molar refractivity (Wildman–Crippen MR) is 56.3 cm³/mol. The summed E-state index contributed by atoms with van der Waals surface area (Å²) in [4.78, 5) is 3.90. The molecule has 2 aromatic rings. The fraction of sp³-hybridized carbons (Fsp3) is 0.222. The van der Waals surface area contributed by atoms with E-state index in [0.717, 1.165) is 11.3 Å². The van der Waals surface area contributed by atoms with E-state index in [0.29, 0.717) is 18.2 Å². The number of nitrogens with two attached hydrogens (primary N) is 1. The van der Waals surface area contributed by atoms with Crippen molar-refractivity contribution in [3.05, 3.63) is 40.9 Å². The number of rotatable bonds is 3. The Morgan fingerprint density at radius 2 is 2.33 bits per heavy atom. The molecule has 0 saturated heterocycles. The van der Waals surface area contributed by atoms with Crippen LogP contribution < -0.4 is 5.73 Å². The van der Waals surface area contributed by atoms with Crippen LogP contribution in [0.3, 0.4) is 0 Å². The van der Waals surface area contributed by atoms with Crippen molar-refractivity contribution in [2.75, 3.05) is 0 Å². The molecule has 15 heavy (non-hydrogen) atoms. The molecule has 2 heterocycles. The smallest absolute Gasteiger partial charge is 0.129 e. The second kappa shape index (κ2) is 4.37. The Balaban J connectivity index is 2.14. The van der Waals surface area contributed by atoms with Gasteiger partial charge in [0.15, 0.2) is 0 Å². The first-order chi connectivity index (χ1) is 7.28. The molecule has 2 aromatic heterocycles. The molecule has 0 saturated carbocycles. The number of aromatic nitrogens is 4. The van der Waals surface area contributed by atoms with Gasteiger partial charge in [-0.3, -0.25) is 0 Å². The first-order valence-electron chi connectivity index (χ1n) is 4.47. The molecule has 0 aliphatic heterocycles. The van der Waals surface area contributed by atoms with Crippen LogP contribution in [-0.2, 0) is 13.1 Å². The van der Waals surface area contributed by atoms with Gasteiger partial charge in [-0.05, 0) is 17.7 Å². The largest absolute Gasteiger partial charge is 0.325 e. The molecular formula is C9H10ClN5. The van der Waals surface area contributed by atoms with E-state index in [4.69, 9.17) is 17.3 Å². The Morgan fingerprint density at radius 1 is 1.47 bits per heavy atom. The molecule has 0 spiro atoms. The van der Waals surface area contributed by atoms with Gasteiger partial charge < -0.3 is 5.73 Å². The van der Waals surface area contributed by atoms with Gasteiger partial charge >= 0.3 is 0 Å². The van der Waals surface area contributed by atoms with E-state index in [-0.39, 0.29) is 0 Å². The zero-order chi connectivity index (χ0) is 10.7. The first-order valence-corrected chi connectivity index (χ1v) is 4.85. The van der Waals surface area contributed by atoms with Crippen molar-refractivity contribution in [2.24, 2.45) is 5.73 Å². The van der Waals surface area contributed by atoms with Crippen molar-refractivity contribution in [3.63, 3.8) is 0 Å². The molecular weight excluding hydrogens is 214 g/mol. The maximum atomic E-state index is 5.77. The zero-order valence-corrected chi connectivity index (χ0v) is 8.72. The normalized spacial score (nSPS) is 10.5. The Hall–Kier alpha value is -1.46. The van der Waals surface area contributed by atoms with Crippen LogP contribution in [0.1, 0.15) is 11.3 Å². The molecule has 0 aliphatic rings. The minimum atomic E-state index is 0.400. The molecule has 0 aromatic carbocycles. The quantitative estimate of drug-likeness (QED) is 0.783. The van der Waals surface area contributed by atoms with E-state index in [1.807, 2.05) is 12.3 Å². The molecule has 0 bridgehead atoms. The molecule has 0 fully saturated rings. The van der Waals surface area contributed by atoms with E-state index in [9.17, 15) is 0 Å². The van der Waals surface area contributed by atoms with E-state index in [2.05, 4.69) is 15.3 Å². The minimum Gasteiger partial charge on any atom is -0.325 e. The van der Waals surface area contributed by atoms with Crippen LogP contribution in [0, 0.1) is 0 Å². The molecule has 0 radical (unpaired) electrons. The van der Waals surface area contributed by atoms with Gasteiger partial charge in [0.1, 0.15) is 5.15 Å². The van der Waals surface area contributed by atoms with Gasteiger partial charge in [-0.25, -0.2) is 9.67 Å². The molecule has 78 valence electrons. The average molecular weight is 224 g/mol. The van der Waals surface area contributed by atoms with E-state index in [1.54, 1.807) is 16.9 Å². The Labute approximate surface area is 91.9 Å². The van der Waals surface area contributed by atoms with Crippen LogP contribution in [0.25, 0.3) is 0 Å². The highest BCUT2D eigenvalue weighted by molar-refractivity contribution is 6.29. The van der Waals surface area contributed by atoms with Crippen LogP contribution in [0.15, 0.2) is 24.5 Å². The van der Waals surface area contributed by atoms with Crippen LogP contribution in [0.5, 0.6) is 0 Å². The lowest BCUT2D eigenvalue weighted by Gasteiger charge is -2.00. The standard InChI is InChI=1S/C9H10ClN5/c10-9-3-7(1-2-12-9)5-15-6-8(4-11)13-14-15/h1-3,6H,4-5,11H2. The third-order valence-electron chi connectivity index (χ3n) is 1.93. The topological polar surface area (TPSA) is 69.6 Å². The SMILES string of the molecule is NCc1cn(Cc2ccnc(Cl)c2)nn1. The van der Waals surface area contributed by atoms with Crippen LogP contribution in [0.4, 0.5) is 0 Å². The fourth-order valence-corrected chi connectivity index (χ4v) is 1.43. The molecule has 6 heteroatoms. The summed E-state index contributed by atoms with van der Waals surface area (Å²) < 4.78 is 1.72. The lowest BCUT2D eigenvalue weighted by atomic mass is 10.3. The Kier molecular flexibility index (Phi) is 2.94. The fourth-order valence-electron chi connectivity index (χ4n) is 1.24. The summed E-state index contributed by atoms with van der Waals surface area (Å²) in [5.74, 6) is 0. The highest BCUT2D eigenvalue weighted by Crippen LogP contribution is 2.08. The second-order valence-corrected chi connectivity index (χ2v) is 3.49. The van der Waals surface area contributed by atoms with Crippen molar-refractivity contribution in [3.8, 4) is 0 Å². The maximum absolute atomic E-state index is 5.77. The summed E-state index contributed by atoms with van der Waals surface area (Å²) in [6, 6.07) is 3.68. The molecule has 0 amide bonds. The Bertz CT molecular complexity index is 453. The van der Waals surface area contributed by atoms with Gasteiger partial charge in [0.05, 0.1) is 18.4 Å². The molecule has 0 atom stereocenters. The molecule has 0 unspecified atom stereocenters. The molecule has 2 N–H and O–H groups in total. The number of hydrogen-bond donors (Lipinski definition) is 1. The number of pyridine rings is 1. The van der Waals surface area contributed by atoms with Gasteiger partial charge in [-0.2, -0.15) is 0 Å². The minimum absolute atomic E-state index is 0.400. The van der Waals surface area contributed by atoms with E-state index >= 15 is 0 Å². The monoisotopic (exact) mass is 223 g/mol. The summed E-state index contributed by atoms with van der Waals surface area (Å²) in [5.41, 5.74) is 7.24. The third-order valence-corrected chi connectivity index (χ3v) is 2.14. The highest BCUT2D eigenvalue weighted by Gasteiger charge is 2.00. The van der Waals surface area contributed by atoms with Gasteiger partial charge in [0.2, 0.25) is 0 Å². The first kappa shape index (κ1) is 10.1. The molecule has 5 nitrogen and oxygen atoms in total. The van der Waals surface area contributed by atoms with E-state index in [1.165, 1.54) is 0 Å². The summed E-state index contributed by atoms with van der Waals surface area (Å²) in [5, 5.41) is 8.31. The van der Waals surface area contributed by atoms with Gasteiger partial charge in [-0.1, -0.05) is 16.8 Å². The van der Waals surface area contributed by atoms with Crippen molar-refractivity contribution in [2.45, 2.75) is 13.1 Å². The number of halogens is 1. The van der Waals surface area contributed by atoms with Crippen molar-refractivity contribution in [1.29, 1.82) is 0 Å². The van der Waals surface area contributed by atoms with E-state index < -0.39 is 0 Å². The molecule has 0 aliphatic carbocycles. The van der Waals surface area contributed by atoms with Crippen molar-refractivity contribution >= 4 is 11.6 Å². The lowest BCUT2D eigenvalue weighted by molar-refractivity contribution is 0.648. The van der Waals surface area contributed by atoms with Crippen LogP contribution in [0.2, 0.25) is 5.15 Å². The Morgan fingerprint density at radius 3 is 3.00 bits per heavy atom. The summed E-state index contributed by atoms with van der Waals surface area (Å²) in [6.45, 7) is 1.02.